The van der Waals surface area contributed by atoms with E-state index in [1.807, 2.05) is 12.1 Å². The average Bonchev–Trinajstić information content (AvgIpc) is 2.61. The number of guanidine groups is 1. The van der Waals surface area contributed by atoms with Crippen LogP contribution in [0.2, 0.25) is 0 Å². The Hall–Kier alpha value is -1.02. The third-order valence-corrected chi connectivity index (χ3v) is 4.54. The van der Waals surface area contributed by atoms with E-state index in [2.05, 4.69) is 48.5 Å². The van der Waals surface area contributed by atoms with Crippen LogP contribution >= 0.6 is 24.0 Å². The Morgan fingerprint density at radius 1 is 1.23 bits per heavy atom. The van der Waals surface area contributed by atoms with Gasteiger partial charge in [0, 0.05) is 12.6 Å². The number of aliphatic hydroxyl groups excluding tert-OH is 1. The molecule has 26 heavy (non-hydrogen) atoms. The second-order valence-corrected chi connectivity index (χ2v) is 6.95. The molecular weight excluding hydrogens is 441 g/mol. The molecule has 2 rings (SSSR count). The molecule has 1 aromatic rings. The van der Waals surface area contributed by atoms with Crippen LogP contribution in [0.4, 0.5) is 0 Å². The fraction of sp³-hybridized carbons (Fsp3) is 0.650. The van der Waals surface area contributed by atoms with E-state index in [1.165, 1.54) is 5.56 Å². The van der Waals surface area contributed by atoms with Crippen molar-refractivity contribution in [3.63, 3.8) is 0 Å². The number of halogens is 1. The minimum atomic E-state index is -0.132. The summed E-state index contributed by atoms with van der Waals surface area (Å²) >= 11 is 0. The standard InChI is InChI=1S/C20H33N3O2.HI/c1-4-21-20(23-16-9-11-17(24)12-10-16)22-13-14-25-19-8-6-5-7-18(19)15(2)3;/h5-8,15-17,24H,4,9-14H2,1-3H3,(H2,21,22,23);1H. The molecule has 1 fully saturated rings. The Morgan fingerprint density at radius 3 is 2.58 bits per heavy atom. The largest absolute Gasteiger partial charge is 0.491 e. The van der Waals surface area contributed by atoms with Crippen LogP contribution in [-0.2, 0) is 0 Å². The lowest BCUT2D eigenvalue weighted by Crippen LogP contribution is -2.45. The van der Waals surface area contributed by atoms with Crippen LogP contribution in [-0.4, -0.2) is 42.9 Å². The quantitative estimate of drug-likeness (QED) is 0.244. The molecule has 0 aliphatic heterocycles. The van der Waals surface area contributed by atoms with Gasteiger partial charge < -0.3 is 20.5 Å². The first-order valence-electron chi connectivity index (χ1n) is 9.54. The highest BCUT2D eigenvalue weighted by molar-refractivity contribution is 14.0. The van der Waals surface area contributed by atoms with Gasteiger partial charge in [-0.2, -0.15) is 0 Å². The molecule has 6 heteroatoms. The molecule has 0 unspecified atom stereocenters. The Labute approximate surface area is 175 Å². The summed E-state index contributed by atoms with van der Waals surface area (Å²) in [4.78, 5) is 4.62. The molecule has 0 radical (unpaired) electrons. The summed E-state index contributed by atoms with van der Waals surface area (Å²) in [5, 5.41) is 16.4. The number of aliphatic hydroxyl groups is 1. The molecule has 0 atom stereocenters. The third kappa shape index (κ3) is 7.70. The first kappa shape index (κ1) is 23.0. The van der Waals surface area contributed by atoms with Gasteiger partial charge in [-0.25, -0.2) is 4.99 Å². The smallest absolute Gasteiger partial charge is 0.191 e. The van der Waals surface area contributed by atoms with E-state index in [0.29, 0.717) is 25.1 Å². The van der Waals surface area contributed by atoms with Gasteiger partial charge >= 0.3 is 0 Å². The molecule has 0 amide bonds. The molecule has 0 bridgehead atoms. The highest BCUT2D eigenvalue weighted by Gasteiger charge is 2.19. The van der Waals surface area contributed by atoms with Crippen LogP contribution in [0.5, 0.6) is 5.75 Å². The van der Waals surface area contributed by atoms with Crippen molar-refractivity contribution in [3.8, 4) is 5.75 Å². The first-order chi connectivity index (χ1) is 12.1. The van der Waals surface area contributed by atoms with E-state index in [0.717, 1.165) is 43.9 Å². The van der Waals surface area contributed by atoms with Crippen molar-refractivity contribution >= 4 is 29.9 Å². The molecule has 148 valence electrons. The fourth-order valence-corrected chi connectivity index (χ4v) is 3.14. The van der Waals surface area contributed by atoms with Gasteiger partial charge in [0.25, 0.3) is 0 Å². The average molecular weight is 475 g/mol. The number of aliphatic imine (C=N–C) groups is 1. The molecule has 0 aromatic heterocycles. The summed E-state index contributed by atoms with van der Waals surface area (Å²) in [5.74, 6) is 2.23. The SMILES string of the molecule is CCNC(=NCCOc1ccccc1C(C)C)NC1CCC(O)CC1.I. The molecule has 1 aliphatic rings. The van der Waals surface area contributed by atoms with Crippen LogP contribution in [0.15, 0.2) is 29.3 Å². The first-order valence-corrected chi connectivity index (χ1v) is 9.54. The maximum atomic E-state index is 9.62. The molecule has 3 N–H and O–H groups in total. The summed E-state index contributed by atoms with van der Waals surface area (Å²) in [7, 11) is 0. The van der Waals surface area contributed by atoms with Crippen LogP contribution in [0.25, 0.3) is 0 Å². The van der Waals surface area contributed by atoms with Crippen LogP contribution < -0.4 is 15.4 Å². The molecule has 1 aliphatic carbocycles. The lowest BCUT2D eigenvalue weighted by atomic mass is 9.93. The number of nitrogens with zero attached hydrogens (tertiary/aromatic N) is 1. The fourth-order valence-electron chi connectivity index (χ4n) is 3.14. The van der Waals surface area contributed by atoms with Gasteiger partial charge in [0.2, 0.25) is 0 Å². The number of ether oxygens (including phenoxy) is 1. The predicted molar refractivity (Wildman–Crippen MR) is 119 cm³/mol. The van der Waals surface area contributed by atoms with Crippen LogP contribution in [0.1, 0.15) is 57.9 Å². The minimum absolute atomic E-state index is 0. The van der Waals surface area contributed by atoms with Gasteiger partial charge in [-0.3, -0.25) is 0 Å². The molecule has 1 aromatic carbocycles. The summed E-state index contributed by atoms with van der Waals surface area (Å²) in [5.41, 5.74) is 1.23. The molecule has 1 saturated carbocycles. The van der Waals surface area contributed by atoms with Crippen molar-refractivity contribution in [3.05, 3.63) is 29.8 Å². The zero-order chi connectivity index (χ0) is 18.1. The minimum Gasteiger partial charge on any atom is -0.491 e. The van der Waals surface area contributed by atoms with Gasteiger partial charge in [-0.1, -0.05) is 32.0 Å². The van der Waals surface area contributed by atoms with E-state index >= 15 is 0 Å². The lowest BCUT2D eigenvalue weighted by molar-refractivity contribution is 0.120. The molecule has 5 nitrogen and oxygen atoms in total. The van der Waals surface area contributed by atoms with Crippen LogP contribution in [0, 0.1) is 0 Å². The highest BCUT2D eigenvalue weighted by atomic mass is 127. The van der Waals surface area contributed by atoms with E-state index in [-0.39, 0.29) is 30.1 Å². The predicted octanol–water partition coefficient (Wildman–Crippen LogP) is 3.67. The molecule has 0 saturated heterocycles. The van der Waals surface area contributed by atoms with Gasteiger partial charge in [0.15, 0.2) is 5.96 Å². The van der Waals surface area contributed by atoms with Gasteiger partial charge in [0.1, 0.15) is 12.4 Å². The van der Waals surface area contributed by atoms with Crippen molar-refractivity contribution < 1.29 is 9.84 Å². The summed E-state index contributed by atoms with van der Waals surface area (Å²) < 4.78 is 5.94. The van der Waals surface area contributed by atoms with Gasteiger partial charge in [-0.05, 0) is 50.2 Å². The van der Waals surface area contributed by atoms with Crippen molar-refractivity contribution in [2.75, 3.05) is 19.7 Å². The van der Waals surface area contributed by atoms with Crippen LogP contribution in [0.3, 0.4) is 0 Å². The second kappa shape index (κ2) is 12.4. The Balaban J connectivity index is 0.00000338. The molecular formula is C20H34IN3O2. The van der Waals surface area contributed by atoms with Gasteiger partial charge in [-0.15, -0.1) is 24.0 Å². The number of hydrogen-bond donors (Lipinski definition) is 3. The number of para-hydroxylation sites is 1. The highest BCUT2D eigenvalue weighted by Crippen LogP contribution is 2.25. The lowest BCUT2D eigenvalue weighted by Gasteiger charge is -2.27. The summed E-state index contributed by atoms with van der Waals surface area (Å²) in [6.45, 7) is 8.42. The Kier molecular flexibility index (Phi) is 11.0. The number of nitrogens with one attached hydrogen (secondary N) is 2. The monoisotopic (exact) mass is 475 g/mol. The van der Waals surface area contributed by atoms with Crippen molar-refractivity contribution in [1.29, 1.82) is 0 Å². The van der Waals surface area contributed by atoms with Crippen molar-refractivity contribution in [2.24, 2.45) is 4.99 Å². The third-order valence-electron chi connectivity index (χ3n) is 4.54. The maximum absolute atomic E-state index is 9.62. The van der Waals surface area contributed by atoms with Crippen molar-refractivity contribution in [1.82, 2.24) is 10.6 Å². The van der Waals surface area contributed by atoms with Gasteiger partial charge in [0.05, 0.1) is 12.6 Å². The van der Waals surface area contributed by atoms with E-state index in [1.54, 1.807) is 0 Å². The Bertz CT molecular complexity index is 544. The number of rotatable bonds is 7. The number of hydrogen-bond acceptors (Lipinski definition) is 3. The normalized spacial score (nSPS) is 20.4. The van der Waals surface area contributed by atoms with E-state index < -0.39 is 0 Å². The zero-order valence-corrected chi connectivity index (χ0v) is 18.5. The topological polar surface area (TPSA) is 65.9 Å². The van der Waals surface area contributed by atoms with E-state index in [9.17, 15) is 5.11 Å². The summed E-state index contributed by atoms with van der Waals surface area (Å²) in [6.07, 6.45) is 3.58. The molecule has 0 spiro atoms. The van der Waals surface area contributed by atoms with E-state index in [4.69, 9.17) is 4.74 Å². The Morgan fingerprint density at radius 2 is 1.92 bits per heavy atom. The second-order valence-electron chi connectivity index (χ2n) is 6.95. The maximum Gasteiger partial charge on any atom is 0.191 e. The molecule has 0 heterocycles. The van der Waals surface area contributed by atoms with Crippen molar-refractivity contribution in [2.45, 2.75) is 64.5 Å². The number of benzene rings is 1. The zero-order valence-electron chi connectivity index (χ0n) is 16.2. The summed E-state index contributed by atoms with van der Waals surface area (Å²) in [6, 6.07) is 8.59.